The molecule has 0 aliphatic carbocycles. The number of para-hydroxylation sites is 1. The van der Waals surface area contributed by atoms with Crippen LogP contribution in [0.4, 0.5) is 8.78 Å². The van der Waals surface area contributed by atoms with Gasteiger partial charge in [-0.3, -0.25) is 4.79 Å². The third kappa shape index (κ3) is 3.15. The van der Waals surface area contributed by atoms with Crippen LogP contribution in [0, 0.1) is 18.6 Å². The molecule has 0 bridgehead atoms. The monoisotopic (exact) mass is 331 g/mol. The first-order chi connectivity index (χ1) is 11.1. The van der Waals surface area contributed by atoms with Crippen molar-refractivity contribution in [2.75, 3.05) is 5.75 Å². The van der Waals surface area contributed by atoms with E-state index in [0.29, 0.717) is 5.56 Å². The molecule has 0 radical (unpaired) electrons. The van der Waals surface area contributed by atoms with Crippen molar-refractivity contribution in [3.05, 3.63) is 70.9 Å². The maximum atomic E-state index is 13.6. The lowest BCUT2D eigenvalue weighted by atomic mass is 10.1. The number of thioether (sulfide) groups is 1. The highest BCUT2D eigenvalue weighted by Gasteiger charge is 2.16. The molecule has 0 amide bonds. The second kappa shape index (κ2) is 6.54. The van der Waals surface area contributed by atoms with E-state index in [0.717, 1.165) is 22.7 Å². The molecule has 2 nitrogen and oxygen atoms in total. The fraction of sp³-hybridized carbons (Fsp3) is 0.167. The zero-order valence-corrected chi connectivity index (χ0v) is 13.3. The van der Waals surface area contributed by atoms with Crippen LogP contribution in [0.1, 0.15) is 21.6 Å². The molecule has 0 saturated heterocycles. The summed E-state index contributed by atoms with van der Waals surface area (Å²) in [5.74, 6) is -1.23. The average molecular weight is 331 g/mol. The van der Waals surface area contributed by atoms with Crippen molar-refractivity contribution >= 4 is 28.4 Å². The molecule has 0 aliphatic rings. The molecular formula is C18H15F2NOS. The summed E-state index contributed by atoms with van der Waals surface area (Å²) in [6.07, 6.45) is 0. The zero-order valence-electron chi connectivity index (χ0n) is 12.5. The Bertz CT molecular complexity index is 873. The number of ketones is 1. The van der Waals surface area contributed by atoms with Gasteiger partial charge in [-0.15, -0.1) is 11.8 Å². The van der Waals surface area contributed by atoms with Gasteiger partial charge in [-0.05, 0) is 19.1 Å². The molecule has 0 saturated carbocycles. The minimum Gasteiger partial charge on any atom is -0.358 e. The van der Waals surface area contributed by atoms with Gasteiger partial charge >= 0.3 is 0 Å². The van der Waals surface area contributed by atoms with Crippen LogP contribution in [0.25, 0.3) is 10.9 Å². The number of carbonyl (C=O) groups excluding carboxylic acids is 1. The quantitative estimate of drug-likeness (QED) is 0.677. The summed E-state index contributed by atoms with van der Waals surface area (Å²) in [6, 6.07) is 11.7. The molecule has 23 heavy (non-hydrogen) atoms. The number of H-pyrrole nitrogens is 1. The molecular weight excluding hydrogens is 316 g/mol. The molecule has 2 aromatic carbocycles. The van der Waals surface area contributed by atoms with Crippen LogP contribution in [0.15, 0.2) is 42.5 Å². The number of benzene rings is 2. The fourth-order valence-electron chi connectivity index (χ4n) is 2.62. The minimum atomic E-state index is -0.859. The summed E-state index contributed by atoms with van der Waals surface area (Å²) in [7, 11) is 0. The molecule has 3 aromatic rings. The number of fused-ring (bicyclic) bond motifs is 1. The average Bonchev–Trinajstić information content (AvgIpc) is 2.87. The van der Waals surface area contributed by atoms with E-state index in [9.17, 15) is 13.6 Å². The van der Waals surface area contributed by atoms with Crippen LogP contribution in [0.3, 0.4) is 0 Å². The maximum absolute atomic E-state index is 13.6. The highest BCUT2D eigenvalue weighted by molar-refractivity contribution is 7.99. The van der Waals surface area contributed by atoms with E-state index < -0.39 is 11.6 Å². The van der Waals surface area contributed by atoms with Gasteiger partial charge in [-0.25, -0.2) is 8.78 Å². The van der Waals surface area contributed by atoms with Crippen LogP contribution in [0.2, 0.25) is 0 Å². The molecule has 0 spiro atoms. The second-order valence-corrected chi connectivity index (χ2v) is 6.29. The standard InChI is InChI=1S/C18H15F2NOS/c1-11-17(13-6-2-3-8-15(13)21-11)16(22)10-23-9-12-5-4-7-14(19)18(12)20/h2-8,21H,9-10H2,1H3. The molecule has 0 unspecified atom stereocenters. The van der Waals surface area contributed by atoms with E-state index in [1.54, 1.807) is 0 Å². The molecule has 1 N–H and O–H groups in total. The van der Waals surface area contributed by atoms with E-state index in [1.165, 1.54) is 23.9 Å². The summed E-state index contributed by atoms with van der Waals surface area (Å²) in [6.45, 7) is 1.87. The highest BCUT2D eigenvalue weighted by atomic mass is 32.2. The van der Waals surface area contributed by atoms with Gasteiger partial charge in [0.15, 0.2) is 17.4 Å². The van der Waals surface area contributed by atoms with Gasteiger partial charge in [0, 0.05) is 33.5 Å². The molecule has 118 valence electrons. The van der Waals surface area contributed by atoms with Crippen LogP contribution >= 0.6 is 11.8 Å². The molecule has 3 rings (SSSR count). The van der Waals surface area contributed by atoms with Gasteiger partial charge in [0.25, 0.3) is 0 Å². The van der Waals surface area contributed by atoms with E-state index in [1.807, 2.05) is 31.2 Å². The Morgan fingerprint density at radius 2 is 1.91 bits per heavy atom. The van der Waals surface area contributed by atoms with Crippen LogP contribution < -0.4 is 0 Å². The van der Waals surface area contributed by atoms with E-state index in [2.05, 4.69) is 4.98 Å². The van der Waals surface area contributed by atoms with Gasteiger partial charge in [0.2, 0.25) is 0 Å². The minimum absolute atomic E-state index is 0.0123. The number of carbonyl (C=O) groups is 1. The first kappa shape index (κ1) is 15.7. The third-order valence-corrected chi connectivity index (χ3v) is 4.68. The normalized spacial score (nSPS) is 11.1. The van der Waals surface area contributed by atoms with Crippen LogP contribution in [0.5, 0.6) is 0 Å². The molecule has 5 heteroatoms. The van der Waals surface area contributed by atoms with Crippen molar-refractivity contribution in [1.29, 1.82) is 0 Å². The number of nitrogens with one attached hydrogen (secondary N) is 1. The molecule has 0 atom stereocenters. The Morgan fingerprint density at radius 1 is 1.13 bits per heavy atom. The fourth-order valence-corrected chi connectivity index (χ4v) is 3.50. The number of hydrogen-bond donors (Lipinski definition) is 1. The summed E-state index contributed by atoms with van der Waals surface area (Å²) < 4.78 is 26.8. The van der Waals surface area contributed by atoms with Crippen LogP contribution in [-0.2, 0) is 5.75 Å². The highest BCUT2D eigenvalue weighted by Crippen LogP contribution is 2.25. The topological polar surface area (TPSA) is 32.9 Å². The third-order valence-electron chi connectivity index (χ3n) is 3.69. The van der Waals surface area contributed by atoms with E-state index in [-0.39, 0.29) is 22.9 Å². The Balaban J connectivity index is 1.72. The molecule has 1 heterocycles. The number of hydrogen-bond acceptors (Lipinski definition) is 2. The number of rotatable bonds is 5. The molecule has 0 aliphatic heterocycles. The van der Waals surface area contributed by atoms with Gasteiger partial charge in [-0.2, -0.15) is 0 Å². The smallest absolute Gasteiger partial charge is 0.175 e. The molecule has 0 fully saturated rings. The predicted octanol–water partition coefficient (Wildman–Crippen LogP) is 4.87. The summed E-state index contributed by atoms with van der Waals surface area (Å²) in [4.78, 5) is 15.7. The number of aromatic amines is 1. The van der Waals surface area contributed by atoms with E-state index in [4.69, 9.17) is 0 Å². The lowest BCUT2D eigenvalue weighted by Crippen LogP contribution is -2.04. The first-order valence-corrected chi connectivity index (χ1v) is 8.34. The van der Waals surface area contributed by atoms with Crippen molar-refractivity contribution in [1.82, 2.24) is 4.98 Å². The number of aromatic nitrogens is 1. The number of aryl methyl sites for hydroxylation is 1. The zero-order chi connectivity index (χ0) is 16.4. The van der Waals surface area contributed by atoms with Gasteiger partial charge in [-0.1, -0.05) is 30.3 Å². The van der Waals surface area contributed by atoms with Crippen LogP contribution in [-0.4, -0.2) is 16.5 Å². The van der Waals surface area contributed by atoms with Crippen molar-refractivity contribution < 1.29 is 13.6 Å². The van der Waals surface area contributed by atoms with Gasteiger partial charge in [0.1, 0.15) is 0 Å². The summed E-state index contributed by atoms with van der Waals surface area (Å²) in [5, 5.41) is 0.896. The lowest BCUT2D eigenvalue weighted by molar-refractivity contribution is 0.102. The van der Waals surface area contributed by atoms with Crippen molar-refractivity contribution in [3.63, 3.8) is 0 Å². The predicted molar refractivity (Wildman–Crippen MR) is 89.9 cm³/mol. The first-order valence-electron chi connectivity index (χ1n) is 7.19. The SMILES string of the molecule is Cc1[nH]c2ccccc2c1C(=O)CSCc1cccc(F)c1F. The molecule has 1 aromatic heterocycles. The maximum Gasteiger partial charge on any atom is 0.175 e. The lowest BCUT2D eigenvalue weighted by Gasteiger charge is -2.04. The summed E-state index contributed by atoms with van der Waals surface area (Å²) >= 11 is 1.28. The largest absolute Gasteiger partial charge is 0.358 e. The summed E-state index contributed by atoms with van der Waals surface area (Å²) in [5.41, 5.74) is 2.70. The van der Waals surface area contributed by atoms with Crippen molar-refractivity contribution in [2.24, 2.45) is 0 Å². The van der Waals surface area contributed by atoms with Crippen molar-refractivity contribution in [3.8, 4) is 0 Å². The Morgan fingerprint density at radius 3 is 2.74 bits per heavy atom. The Hall–Kier alpha value is -2.14. The van der Waals surface area contributed by atoms with Gasteiger partial charge < -0.3 is 4.98 Å². The number of halogens is 2. The van der Waals surface area contributed by atoms with Crippen molar-refractivity contribution in [2.45, 2.75) is 12.7 Å². The Kier molecular flexibility index (Phi) is 4.48. The van der Waals surface area contributed by atoms with E-state index >= 15 is 0 Å². The number of Topliss-reactive ketones (excluding diaryl/α,β-unsaturated/α-hetero) is 1. The Labute approximate surface area is 136 Å². The second-order valence-electron chi connectivity index (χ2n) is 5.30. The van der Waals surface area contributed by atoms with Gasteiger partial charge in [0.05, 0.1) is 5.75 Å².